The number of hydrogen-bond donors (Lipinski definition) is 1. The van der Waals surface area contributed by atoms with E-state index in [1.165, 1.54) is 19.3 Å². The van der Waals surface area contributed by atoms with Gasteiger partial charge in [-0.05, 0) is 37.0 Å². The molecule has 2 aromatic heterocycles. The number of benzene rings is 2. The van der Waals surface area contributed by atoms with Crippen molar-refractivity contribution in [2.24, 2.45) is 5.92 Å². The fraction of sp³-hybridized carbons (Fsp3) is 0.304. The molecule has 0 saturated heterocycles. The molecule has 1 amide bonds. The number of nitrogens with one attached hydrogen (secondary N) is 1. The SMILES string of the molecule is C[C@@H]1CCCC[C@H]1NC(=O)c1ccc2c(c1)sc1nc(-c3ccccc3)cn12. The number of imidazole rings is 1. The molecular weight excluding hydrogens is 366 g/mol. The van der Waals surface area contributed by atoms with Crippen LogP contribution in [0.25, 0.3) is 26.4 Å². The number of nitrogens with zero attached hydrogens (tertiary/aromatic N) is 2. The van der Waals surface area contributed by atoms with Crippen LogP contribution in [-0.4, -0.2) is 21.3 Å². The molecule has 28 heavy (non-hydrogen) atoms. The van der Waals surface area contributed by atoms with Crippen LogP contribution in [-0.2, 0) is 0 Å². The summed E-state index contributed by atoms with van der Waals surface area (Å²) in [5.74, 6) is 0.597. The Morgan fingerprint density at radius 1 is 1.14 bits per heavy atom. The molecule has 5 rings (SSSR count). The van der Waals surface area contributed by atoms with Crippen LogP contribution in [0, 0.1) is 5.92 Å². The van der Waals surface area contributed by atoms with Crippen molar-refractivity contribution in [2.45, 2.75) is 38.6 Å². The van der Waals surface area contributed by atoms with Crippen LogP contribution in [0.5, 0.6) is 0 Å². The lowest BCUT2D eigenvalue weighted by Crippen LogP contribution is -2.41. The van der Waals surface area contributed by atoms with E-state index in [1.54, 1.807) is 11.3 Å². The zero-order valence-corrected chi connectivity index (χ0v) is 16.7. The van der Waals surface area contributed by atoms with Gasteiger partial charge in [-0.3, -0.25) is 9.20 Å². The van der Waals surface area contributed by atoms with Gasteiger partial charge in [0.1, 0.15) is 0 Å². The quantitative estimate of drug-likeness (QED) is 0.501. The average molecular weight is 390 g/mol. The van der Waals surface area contributed by atoms with E-state index in [2.05, 4.69) is 35.0 Å². The van der Waals surface area contributed by atoms with Gasteiger partial charge in [-0.15, -0.1) is 0 Å². The molecule has 5 heteroatoms. The van der Waals surface area contributed by atoms with Gasteiger partial charge in [-0.1, -0.05) is 61.4 Å². The Balaban J connectivity index is 1.44. The van der Waals surface area contributed by atoms with Gasteiger partial charge in [0.25, 0.3) is 5.91 Å². The van der Waals surface area contributed by atoms with Gasteiger partial charge in [0, 0.05) is 23.4 Å². The van der Waals surface area contributed by atoms with E-state index in [0.717, 1.165) is 38.4 Å². The van der Waals surface area contributed by atoms with Crippen molar-refractivity contribution in [3.05, 3.63) is 60.3 Å². The molecule has 1 aliphatic carbocycles. The summed E-state index contributed by atoms with van der Waals surface area (Å²) in [6.45, 7) is 2.24. The standard InChI is InChI=1S/C23H23N3OS/c1-15-7-5-6-10-18(15)24-22(27)17-11-12-20-21(13-17)28-23-25-19(14-26(20)23)16-8-3-2-4-9-16/h2-4,8-9,11-15,18H,5-7,10H2,1H3,(H,24,27)/t15-,18-/m1/s1. The van der Waals surface area contributed by atoms with Crippen molar-refractivity contribution in [1.29, 1.82) is 0 Å². The Kier molecular flexibility index (Phi) is 4.40. The van der Waals surface area contributed by atoms with Crippen LogP contribution in [0.1, 0.15) is 43.0 Å². The Labute approximate surface area is 168 Å². The first-order valence-electron chi connectivity index (χ1n) is 9.97. The second-order valence-corrected chi connectivity index (χ2v) is 8.78. The summed E-state index contributed by atoms with van der Waals surface area (Å²) >= 11 is 1.63. The smallest absolute Gasteiger partial charge is 0.251 e. The second-order valence-electron chi connectivity index (χ2n) is 7.77. The molecule has 4 aromatic rings. The molecule has 2 heterocycles. The Bertz CT molecular complexity index is 1140. The minimum atomic E-state index is 0.0386. The molecule has 0 radical (unpaired) electrons. The highest BCUT2D eigenvalue weighted by Crippen LogP contribution is 2.30. The topological polar surface area (TPSA) is 46.4 Å². The molecule has 0 aliphatic heterocycles. The first-order valence-corrected chi connectivity index (χ1v) is 10.8. The highest BCUT2D eigenvalue weighted by molar-refractivity contribution is 7.23. The molecule has 0 bridgehead atoms. The van der Waals surface area contributed by atoms with Gasteiger partial charge < -0.3 is 5.32 Å². The molecule has 2 aromatic carbocycles. The molecule has 0 unspecified atom stereocenters. The Morgan fingerprint density at radius 3 is 2.79 bits per heavy atom. The summed E-state index contributed by atoms with van der Waals surface area (Å²) in [7, 11) is 0. The van der Waals surface area contributed by atoms with Crippen LogP contribution in [0.3, 0.4) is 0 Å². The zero-order chi connectivity index (χ0) is 19.1. The number of hydrogen-bond acceptors (Lipinski definition) is 3. The third-order valence-corrected chi connectivity index (χ3v) is 6.87. The van der Waals surface area contributed by atoms with E-state index >= 15 is 0 Å². The zero-order valence-electron chi connectivity index (χ0n) is 15.9. The van der Waals surface area contributed by atoms with Gasteiger partial charge in [-0.25, -0.2) is 4.98 Å². The number of amides is 1. The van der Waals surface area contributed by atoms with Crippen LogP contribution >= 0.6 is 11.3 Å². The first kappa shape index (κ1) is 17.4. The maximum Gasteiger partial charge on any atom is 0.251 e. The van der Waals surface area contributed by atoms with Crippen molar-refractivity contribution in [1.82, 2.24) is 14.7 Å². The van der Waals surface area contributed by atoms with Gasteiger partial charge in [0.2, 0.25) is 0 Å². The fourth-order valence-electron chi connectivity index (χ4n) is 4.17. The lowest BCUT2D eigenvalue weighted by molar-refractivity contribution is 0.0910. The minimum Gasteiger partial charge on any atom is -0.349 e. The summed E-state index contributed by atoms with van der Waals surface area (Å²) in [5.41, 5.74) is 3.92. The fourth-order valence-corrected chi connectivity index (χ4v) is 5.22. The summed E-state index contributed by atoms with van der Waals surface area (Å²) in [6, 6.07) is 16.5. The van der Waals surface area contributed by atoms with Crippen LogP contribution in [0.2, 0.25) is 0 Å². The molecule has 2 atom stereocenters. The number of carbonyl (C=O) groups excluding carboxylic acids is 1. The molecule has 0 spiro atoms. The summed E-state index contributed by atoms with van der Waals surface area (Å²) in [6.07, 6.45) is 6.85. The predicted octanol–water partition coefficient (Wildman–Crippen LogP) is 5.52. The largest absolute Gasteiger partial charge is 0.349 e. The highest BCUT2D eigenvalue weighted by Gasteiger charge is 2.23. The second kappa shape index (κ2) is 7.06. The molecule has 1 aliphatic rings. The molecular formula is C23H23N3OS. The summed E-state index contributed by atoms with van der Waals surface area (Å²) in [5, 5.41) is 3.25. The van der Waals surface area contributed by atoms with Gasteiger partial charge in [0.15, 0.2) is 4.96 Å². The monoisotopic (exact) mass is 389 g/mol. The van der Waals surface area contributed by atoms with Crippen LogP contribution in [0.15, 0.2) is 54.7 Å². The van der Waals surface area contributed by atoms with E-state index in [1.807, 2.05) is 36.4 Å². The number of thiazole rings is 1. The average Bonchev–Trinajstić information content (AvgIpc) is 3.28. The molecule has 1 N–H and O–H groups in total. The van der Waals surface area contributed by atoms with E-state index in [0.29, 0.717) is 12.0 Å². The molecule has 4 nitrogen and oxygen atoms in total. The molecule has 142 valence electrons. The van der Waals surface area contributed by atoms with Crippen molar-refractivity contribution < 1.29 is 4.79 Å². The van der Waals surface area contributed by atoms with Crippen LogP contribution < -0.4 is 5.32 Å². The Morgan fingerprint density at radius 2 is 1.96 bits per heavy atom. The highest BCUT2D eigenvalue weighted by atomic mass is 32.1. The third-order valence-electron chi connectivity index (χ3n) is 5.85. The van der Waals surface area contributed by atoms with Gasteiger partial charge >= 0.3 is 0 Å². The minimum absolute atomic E-state index is 0.0386. The number of rotatable bonds is 3. The van der Waals surface area contributed by atoms with Crippen molar-refractivity contribution in [3.8, 4) is 11.3 Å². The Hall–Kier alpha value is -2.66. The first-order chi connectivity index (χ1) is 13.7. The number of fused-ring (bicyclic) bond motifs is 3. The lowest BCUT2D eigenvalue weighted by Gasteiger charge is -2.29. The third kappa shape index (κ3) is 3.10. The normalized spacial score (nSPS) is 19.9. The van der Waals surface area contributed by atoms with E-state index in [4.69, 9.17) is 4.98 Å². The summed E-state index contributed by atoms with van der Waals surface area (Å²) in [4.78, 5) is 18.5. The van der Waals surface area contributed by atoms with Crippen molar-refractivity contribution >= 4 is 32.4 Å². The van der Waals surface area contributed by atoms with Gasteiger partial charge in [0.05, 0.1) is 15.9 Å². The van der Waals surface area contributed by atoms with Crippen molar-refractivity contribution in [3.63, 3.8) is 0 Å². The maximum absolute atomic E-state index is 12.8. The maximum atomic E-state index is 12.8. The molecule has 1 saturated carbocycles. The summed E-state index contributed by atoms with van der Waals surface area (Å²) < 4.78 is 3.21. The van der Waals surface area contributed by atoms with E-state index in [9.17, 15) is 4.79 Å². The molecule has 1 fully saturated rings. The predicted molar refractivity (Wildman–Crippen MR) is 115 cm³/mol. The lowest BCUT2D eigenvalue weighted by atomic mass is 9.86. The van der Waals surface area contributed by atoms with E-state index < -0.39 is 0 Å². The van der Waals surface area contributed by atoms with Crippen molar-refractivity contribution in [2.75, 3.05) is 0 Å². The van der Waals surface area contributed by atoms with E-state index in [-0.39, 0.29) is 5.91 Å². The van der Waals surface area contributed by atoms with Crippen LogP contribution in [0.4, 0.5) is 0 Å². The number of carbonyl (C=O) groups is 1. The van der Waals surface area contributed by atoms with Gasteiger partial charge in [-0.2, -0.15) is 0 Å². The number of aromatic nitrogens is 2.